The Morgan fingerprint density at radius 3 is 2.38 bits per heavy atom. The van der Waals surface area contributed by atoms with E-state index in [1.54, 1.807) is 0 Å². The minimum atomic E-state index is 0.569. The number of benzene rings is 2. The first-order valence-corrected chi connectivity index (χ1v) is 5.15. The molecule has 3 nitrogen and oxygen atoms in total. The lowest BCUT2D eigenvalue weighted by Crippen LogP contribution is -1.96. The van der Waals surface area contributed by atoms with Crippen LogP contribution in [0.25, 0.3) is 16.6 Å². The van der Waals surface area contributed by atoms with Crippen LogP contribution in [0.3, 0.4) is 0 Å². The second-order valence-corrected chi connectivity index (χ2v) is 3.65. The maximum atomic E-state index is 5.88. The van der Waals surface area contributed by atoms with Crippen molar-refractivity contribution in [3.8, 4) is 5.69 Å². The number of hydrogen-bond acceptors (Lipinski definition) is 2. The second-order valence-electron chi connectivity index (χ2n) is 3.65. The SMILES string of the molecule is Nc1nn(-c2ccccc2)c2ccccc12. The molecule has 0 unspecified atom stereocenters. The number of para-hydroxylation sites is 2. The zero-order chi connectivity index (χ0) is 11.0. The molecule has 3 heteroatoms. The topological polar surface area (TPSA) is 43.8 Å². The largest absolute Gasteiger partial charge is 0.382 e. The van der Waals surface area contributed by atoms with E-state index in [1.165, 1.54) is 0 Å². The fourth-order valence-electron chi connectivity index (χ4n) is 1.86. The summed E-state index contributed by atoms with van der Waals surface area (Å²) in [4.78, 5) is 0. The van der Waals surface area contributed by atoms with Crippen LogP contribution in [0.1, 0.15) is 0 Å². The van der Waals surface area contributed by atoms with E-state index in [4.69, 9.17) is 5.73 Å². The molecular weight excluding hydrogens is 198 g/mol. The lowest BCUT2D eigenvalue weighted by atomic mass is 10.2. The van der Waals surface area contributed by atoms with Crippen molar-refractivity contribution in [3.05, 3.63) is 54.6 Å². The highest BCUT2D eigenvalue weighted by atomic mass is 15.3. The fourth-order valence-corrected chi connectivity index (χ4v) is 1.86. The average molecular weight is 209 g/mol. The highest BCUT2D eigenvalue weighted by molar-refractivity contribution is 5.90. The minimum absolute atomic E-state index is 0.569. The third-order valence-electron chi connectivity index (χ3n) is 2.62. The molecule has 0 aliphatic heterocycles. The molecule has 0 bridgehead atoms. The van der Waals surface area contributed by atoms with E-state index >= 15 is 0 Å². The fraction of sp³-hybridized carbons (Fsp3) is 0. The molecule has 16 heavy (non-hydrogen) atoms. The molecule has 0 aliphatic rings. The predicted octanol–water partition coefficient (Wildman–Crippen LogP) is 2.61. The minimum Gasteiger partial charge on any atom is -0.382 e. The maximum absolute atomic E-state index is 5.88. The molecule has 2 aromatic carbocycles. The van der Waals surface area contributed by atoms with E-state index in [0.717, 1.165) is 16.6 Å². The molecule has 0 fully saturated rings. The van der Waals surface area contributed by atoms with Gasteiger partial charge in [-0.25, -0.2) is 4.68 Å². The maximum Gasteiger partial charge on any atom is 0.153 e. The van der Waals surface area contributed by atoms with Crippen molar-refractivity contribution in [2.45, 2.75) is 0 Å². The van der Waals surface area contributed by atoms with Crippen molar-refractivity contribution in [1.29, 1.82) is 0 Å². The summed E-state index contributed by atoms with van der Waals surface area (Å²) in [7, 11) is 0. The smallest absolute Gasteiger partial charge is 0.153 e. The molecule has 0 radical (unpaired) electrons. The standard InChI is InChI=1S/C13H11N3/c14-13-11-8-4-5-9-12(11)16(15-13)10-6-2-1-3-7-10/h1-9H,(H2,14,15). The summed E-state index contributed by atoms with van der Waals surface area (Å²) < 4.78 is 1.87. The van der Waals surface area contributed by atoms with Gasteiger partial charge in [-0.2, -0.15) is 0 Å². The van der Waals surface area contributed by atoms with Gasteiger partial charge in [0.2, 0.25) is 0 Å². The quantitative estimate of drug-likeness (QED) is 0.669. The van der Waals surface area contributed by atoms with Gasteiger partial charge in [0.05, 0.1) is 11.2 Å². The van der Waals surface area contributed by atoms with Crippen LogP contribution in [0.15, 0.2) is 54.6 Å². The summed E-state index contributed by atoms with van der Waals surface area (Å²) >= 11 is 0. The molecule has 0 amide bonds. The average Bonchev–Trinajstić information content (AvgIpc) is 2.69. The number of anilines is 1. The van der Waals surface area contributed by atoms with Crippen LogP contribution in [-0.2, 0) is 0 Å². The number of hydrogen-bond donors (Lipinski definition) is 1. The van der Waals surface area contributed by atoms with E-state index in [-0.39, 0.29) is 0 Å². The summed E-state index contributed by atoms with van der Waals surface area (Å²) in [6.07, 6.45) is 0. The van der Waals surface area contributed by atoms with Gasteiger partial charge in [0, 0.05) is 5.39 Å². The third kappa shape index (κ3) is 1.26. The molecule has 0 atom stereocenters. The Morgan fingerprint density at radius 1 is 0.875 bits per heavy atom. The Labute approximate surface area is 93.1 Å². The first-order chi connectivity index (χ1) is 7.86. The van der Waals surface area contributed by atoms with Crippen molar-refractivity contribution in [1.82, 2.24) is 9.78 Å². The van der Waals surface area contributed by atoms with Gasteiger partial charge in [-0.3, -0.25) is 0 Å². The molecule has 3 aromatic rings. The van der Waals surface area contributed by atoms with Gasteiger partial charge in [0.25, 0.3) is 0 Å². The molecule has 0 spiro atoms. The normalized spacial score (nSPS) is 10.8. The van der Waals surface area contributed by atoms with E-state index in [2.05, 4.69) is 5.10 Å². The van der Waals surface area contributed by atoms with Crippen molar-refractivity contribution >= 4 is 16.7 Å². The van der Waals surface area contributed by atoms with Gasteiger partial charge in [0.15, 0.2) is 5.82 Å². The monoisotopic (exact) mass is 209 g/mol. The summed E-state index contributed by atoms with van der Waals surface area (Å²) in [6.45, 7) is 0. The van der Waals surface area contributed by atoms with Gasteiger partial charge in [-0.15, -0.1) is 5.10 Å². The predicted molar refractivity (Wildman–Crippen MR) is 65.5 cm³/mol. The Kier molecular flexibility index (Phi) is 1.90. The van der Waals surface area contributed by atoms with Gasteiger partial charge in [-0.1, -0.05) is 30.3 Å². The molecule has 0 saturated carbocycles. The van der Waals surface area contributed by atoms with Gasteiger partial charge in [-0.05, 0) is 24.3 Å². The third-order valence-corrected chi connectivity index (χ3v) is 2.62. The Hall–Kier alpha value is -2.29. The Balaban J connectivity index is 2.33. The van der Waals surface area contributed by atoms with E-state index in [1.807, 2.05) is 59.3 Å². The second kappa shape index (κ2) is 3.38. The van der Waals surface area contributed by atoms with Crippen LogP contribution in [0.2, 0.25) is 0 Å². The molecule has 1 aromatic heterocycles. The highest BCUT2D eigenvalue weighted by Gasteiger charge is 2.07. The molecule has 3 rings (SSSR count). The van der Waals surface area contributed by atoms with Crippen LogP contribution < -0.4 is 5.73 Å². The zero-order valence-electron chi connectivity index (χ0n) is 8.67. The molecule has 2 N–H and O–H groups in total. The van der Waals surface area contributed by atoms with Gasteiger partial charge >= 0.3 is 0 Å². The number of fused-ring (bicyclic) bond motifs is 1. The lowest BCUT2D eigenvalue weighted by molar-refractivity contribution is 0.917. The highest BCUT2D eigenvalue weighted by Crippen LogP contribution is 2.22. The molecule has 1 heterocycles. The summed E-state index contributed by atoms with van der Waals surface area (Å²) in [6, 6.07) is 17.9. The number of rotatable bonds is 1. The number of nitrogens with two attached hydrogens (primary N) is 1. The Bertz CT molecular complexity index is 626. The van der Waals surface area contributed by atoms with Crippen molar-refractivity contribution in [2.75, 3.05) is 5.73 Å². The lowest BCUT2D eigenvalue weighted by Gasteiger charge is -2.01. The molecule has 0 aliphatic carbocycles. The van der Waals surface area contributed by atoms with Crippen LogP contribution in [0.4, 0.5) is 5.82 Å². The van der Waals surface area contributed by atoms with E-state index in [0.29, 0.717) is 5.82 Å². The molecule has 0 saturated heterocycles. The van der Waals surface area contributed by atoms with Gasteiger partial charge in [0.1, 0.15) is 0 Å². The number of nitrogen functional groups attached to an aromatic ring is 1. The summed E-state index contributed by atoms with van der Waals surface area (Å²) in [5.41, 5.74) is 7.94. The number of nitrogens with zero attached hydrogens (tertiary/aromatic N) is 2. The van der Waals surface area contributed by atoms with Crippen LogP contribution in [-0.4, -0.2) is 9.78 Å². The van der Waals surface area contributed by atoms with Crippen molar-refractivity contribution in [3.63, 3.8) is 0 Å². The first kappa shape index (κ1) is 8.97. The van der Waals surface area contributed by atoms with E-state index < -0.39 is 0 Å². The number of aromatic nitrogens is 2. The van der Waals surface area contributed by atoms with Crippen LogP contribution in [0, 0.1) is 0 Å². The molecule has 78 valence electrons. The first-order valence-electron chi connectivity index (χ1n) is 5.15. The summed E-state index contributed by atoms with van der Waals surface area (Å²) in [5.74, 6) is 0.569. The zero-order valence-corrected chi connectivity index (χ0v) is 8.67. The van der Waals surface area contributed by atoms with Crippen LogP contribution in [0.5, 0.6) is 0 Å². The van der Waals surface area contributed by atoms with Crippen molar-refractivity contribution in [2.24, 2.45) is 0 Å². The van der Waals surface area contributed by atoms with Gasteiger partial charge < -0.3 is 5.73 Å². The van der Waals surface area contributed by atoms with Crippen LogP contribution >= 0.6 is 0 Å². The van der Waals surface area contributed by atoms with Crippen molar-refractivity contribution < 1.29 is 0 Å². The summed E-state index contributed by atoms with van der Waals surface area (Å²) in [5, 5.41) is 5.35. The Morgan fingerprint density at radius 2 is 1.56 bits per heavy atom. The van der Waals surface area contributed by atoms with E-state index in [9.17, 15) is 0 Å². The molecular formula is C13H11N3.